The van der Waals surface area contributed by atoms with Crippen LogP contribution in [-0.2, 0) is 6.42 Å². The van der Waals surface area contributed by atoms with Crippen molar-refractivity contribution in [2.75, 3.05) is 23.9 Å². The topological polar surface area (TPSA) is 118 Å². The van der Waals surface area contributed by atoms with E-state index in [0.717, 1.165) is 48.6 Å². The van der Waals surface area contributed by atoms with Gasteiger partial charge in [0.05, 0.1) is 18.7 Å². The number of aromatic nitrogens is 6. The summed E-state index contributed by atoms with van der Waals surface area (Å²) in [5.74, 6) is 3.34. The number of anilines is 3. The van der Waals surface area contributed by atoms with E-state index in [1.165, 1.54) is 0 Å². The van der Waals surface area contributed by atoms with Gasteiger partial charge in [0.15, 0.2) is 11.6 Å². The Balaban J connectivity index is 1.38. The molecule has 0 aromatic carbocycles. The Morgan fingerprint density at radius 3 is 3.00 bits per heavy atom. The van der Waals surface area contributed by atoms with E-state index >= 15 is 0 Å². The summed E-state index contributed by atoms with van der Waals surface area (Å²) in [5.41, 5.74) is 2.55. The number of hydrogen-bond acceptors (Lipinski definition) is 9. The molecule has 4 aromatic rings. The molecule has 10 nitrogen and oxygen atoms in total. The van der Waals surface area contributed by atoms with Crippen LogP contribution in [0.1, 0.15) is 37.3 Å². The Morgan fingerprint density at radius 2 is 2.16 bits per heavy atom. The molecule has 1 aliphatic heterocycles. The molecule has 0 radical (unpaired) electrons. The molecule has 0 bridgehead atoms. The Labute approximate surface area is 185 Å². The number of H-pyrrole nitrogens is 1. The summed E-state index contributed by atoms with van der Waals surface area (Å²) < 4.78 is 11.1. The van der Waals surface area contributed by atoms with E-state index in [2.05, 4.69) is 42.5 Å². The molecular formula is C22H24N8O2. The molecule has 1 aliphatic rings. The fraction of sp³-hybridized carbons (Fsp3) is 0.318. The highest BCUT2D eigenvalue weighted by atomic mass is 16.5. The maximum atomic E-state index is 5.73. The van der Waals surface area contributed by atoms with Gasteiger partial charge < -0.3 is 19.5 Å². The first kappa shape index (κ1) is 20.0. The minimum Gasteiger partial charge on any atom is -0.481 e. The maximum Gasteiger partial charge on any atom is 0.227 e. The van der Waals surface area contributed by atoms with Crippen molar-refractivity contribution in [2.45, 2.75) is 32.2 Å². The van der Waals surface area contributed by atoms with Crippen LogP contribution in [0.3, 0.4) is 0 Å². The second kappa shape index (κ2) is 8.66. The highest BCUT2D eigenvalue weighted by Crippen LogP contribution is 2.37. The lowest BCUT2D eigenvalue weighted by Gasteiger charge is -2.22. The predicted octanol–water partition coefficient (Wildman–Crippen LogP) is 3.91. The van der Waals surface area contributed by atoms with Gasteiger partial charge in [-0.15, -0.1) is 0 Å². The van der Waals surface area contributed by atoms with Crippen molar-refractivity contribution in [3.63, 3.8) is 0 Å². The Hall–Kier alpha value is -3.95. The van der Waals surface area contributed by atoms with Crippen molar-refractivity contribution in [2.24, 2.45) is 0 Å². The molecule has 10 heteroatoms. The van der Waals surface area contributed by atoms with Crippen molar-refractivity contribution < 1.29 is 9.26 Å². The van der Waals surface area contributed by atoms with Gasteiger partial charge in [-0.3, -0.25) is 5.10 Å². The highest BCUT2D eigenvalue weighted by Gasteiger charge is 2.31. The molecule has 0 unspecified atom stereocenters. The molecule has 1 fully saturated rings. The largest absolute Gasteiger partial charge is 0.481 e. The van der Waals surface area contributed by atoms with Crippen molar-refractivity contribution >= 4 is 17.6 Å². The number of hydrogen-bond donors (Lipinski definition) is 2. The van der Waals surface area contributed by atoms with Crippen LogP contribution in [0.25, 0.3) is 11.3 Å². The molecule has 164 valence electrons. The zero-order valence-corrected chi connectivity index (χ0v) is 17.9. The molecule has 0 saturated carbocycles. The fourth-order valence-corrected chi connectivity index (χ4v) is 3.92. The summed E-state index contributed by atoms with van der Waals surface area (Å²) in [6.07, 6.45) is 6.27. The average molecular weight is 432 g/mol. The molecular weight excluding hydrogens is 408 g/mol. The minimum atomic E-state index is 0.00578. The number of aromatic amines is 1. The number of nitrogens with zero attached hydrogens (tertiary/aromatic N) is 6. The fourth-order valence-electron chi connectivity index (χ4n) is 3.92. The normalized spacial score (nSPS) is 15.8. The van der Waals surface area contributed by atoms with Crippen LogP contribution in [0.4, 0.5) is 17.6 Å². The molecule has 1 atom stereocenters. The maximum absolute atomic E-state index is 5.73. The number of methoxy groups -OCH3 is 1. The molecule has 0 aliphatic carbocycles. The van der Waals surface area contributed by atoms with E-state index < -0.39 is 0 Å². The lowest BCUT2D eigenvalue weighted by atomic mass is 10.1. The first-order valence-corrected chi connectivity index (χ1v) is 10.6. The van der Waals surface area contributed by atoms with Crippen LogP contribution in [0.2, 0.25) is 0 Å². The lowest BCUT2D eigenvalue weighted by molar-refractivity contribution is 0.361. The third kappa shape index (κ3) is 3.86. The van der Waals surface area contributed by atoms with Crippen molar-refractivity contribution in [3.05, 3.63) is 54.2 Å². The second-order valence-corrected chi connectivity index (χ2v) is 7.53. The van der Waals surface area contributed by atoms with Gasteiger partial charge in [0.1, 0.15) is 11.5 Å². The molecule has 4 aromatic heterocycles. The summed E-state index contributed by atoms with van der Waals surface area (Å²) in [6, 6.07) is 9.52. The first-order valence-electron chi connectivity index (χ1n) is 10.6. The average Bonchev–Trinajstić information content (AvgIpc) is 3.59. The van der Waals surface area contributed by atoms with Gasteiger partial charge in [-0.1, -0.05) is 12.1 Å². The van der Waals surface area contributed by atoms with Gasteiger partial charge in [0, 0.05) is 36.8 Å². The lowest BCUT2D eigenvalue weighted by Crippen LogP contribution is -2.24. The highest BCUT2D eigenvalue weighted by molar-refractivity contribution is 5.64. The van der Waals surface area contributed by atoms with E-state index in [0.29, 0.717) is 23.3 Å². The van der Waals surface area contributed by atoms with E-state index in [1.54, 1.807) is 19.5 Å². The van der Waals surface area contributed by atoms with Gasteiger partial charge >= 0.3 is 0 Å². The predicted molar refractivity (Wildman–Crippen MR) is 119 cm³/mol. The second-order valence-electron chi connectivity index (χ2n) is 7.53. The standard InChI is InChI=1S/C22H24N8O2/c1-3-14-12-20(28-27-14)25-19-8-10-24-22(26-19)30-11-5-7-17(30)18-13-16(29-32-18)15-6-4-9-23-21(15)31-2/h4,6,8-10,12-13,17H,3,5,7,11H2,1-2H3,(H2,24,25,26,27,28)/t17-/m0/s1. The van der Waals surface area contributed by atoms with Crippen LogP contribution < -0.4 is 15.0 Å². The smallest absolute Gasteiger partial charge is 0.227 e. The Bertz CT molecular complexity index is 1200. The van der Waals surface area contributed by atoms with Gasteiger partial charge in [-0.25, -0.2) is 9.97 Å². The monoisotopic (exact) mass is 432 g/mol. The van der Waals surface area contributed by atoms with E-state index in [4.69, 9.17) is 14.2 Å². The van der Waals surface area contributed by atoms with Crippen LogP contribution in [0.5, 0.6) is 5.88 Å². The summed E-state index contributed by atoms with van der Waals surface area (Å²) in [5, 5.41) is 14.8. The molecule has 0 spiro atoms. The third-order valence-corrected chi connectivity index (χ3v) is 5.52. The Kier molecular flexibility index (Phi) is 5.40. The van der Waals surface area contributed by atoms with E-state index in [1.807, 2.05) is 30.3 Å². The van der Waals surface area contributed by atoms with Gasteiger partial charge in [0.2, 0.25) is 11.8 Å². The van der Waals surface area contributed by atoms with E-state index in [-0.39, 0.29) is 6.04 Å². The van der Waals surface area contributed by atoms with Gasteiger partial charge in [-0.05, 0) is 37.5 Å². The minimum absolute atomic E-state index is 0.00578. The first-order chi connectivity index (χ1) is 15.7. The number of pyridine rings is 1. The van der Waals surface area contributed by atoms with Crippen molar-refractivity contribution in [3.8, 4) is 17.1 Å². The molecule has 5 rings (SSSR count). The number of aryl methyl sites for hydroxylation is 1. The number of nitrogens with one attached hydrogen (secondary N) is 2. The van der Waals surface area contributed by atoms with Gasteiger partial charge in [0.25, 0.3) is 0 Å². The summed E-state index contributed by atoms with van der Waals surface area (Å²) in [4.78, 5) is 15.6. The van der Waals surface area contributed by atoms with Crippen LogP contribution in [-0.4, -0.2) is 44.0 Å². The Morgan fingerprint density at radius 1 is 1.22 bits per heavy atom. The summed E-state index contributed by atoms with van der Waals surface area (Å²) >= 11 is 0. The zero-order chi connectivity index (χ0) is 21.9. The zero-order valence-electron chi connectivity index (χ0n) is 17.9. The summed E-state index contributed by atoms with van der Waals surface area (Å²) in [7, 11) is 1.59. The SMILES string of the molecule is CCc1cc(Nc2ccnc(N3CCC[C@H]3c3cc(-c4cccnc4OC)no3)n2)n[nH]1. The number of ether oxygens (including phenoxy) is 1. The van der Waals surface area contributed by atoms with Crippen molar-refractivity contribution in [1.29, 1.82) is 0 Å². The van der Waals surface area contributed by atoms with Gasteiger partial charge in [-0.2, -0.15) is 10.1 Å². The van der Waals surface area contributed by atoms with Crippen LogP contribution >= 0.6 is 0 Å². The molecule has 0 amide bonds. The van der Waals surface area contributed by atoms with E-state index in [9.17, 15) is 0 Å². The van der Waals surface area contributed by atoms with Crippen LogP contribution in [0.15, 0.2) is 47.2 Å². The quantitative estimate of drug-likeness (QED) is 0.448. The molecule has 5 heterocycles. The summed E-state index contributed by atoms with van der Waals surface area (Å²) in [6.45, 7) is 2.91. The molecule has 2 N–H and O–H groups in total. The van der Waals surface area contributed by atoms with Crippen molar-refractivity contribution in [1.82, 2.24) is 30.3 Å². The van der Waals surface area contributed by atoms with Crippen LogP contribution in [0, 0.1) is 0 Å². The third-order valence-electron chi connectivity index (χ3n) is 5.52. The number of rotatable bonds is 7. The molecule has 32 heavy (non-hydrogen) atoms. The molecule has 1 saturated heterocycles.